The number of aromatic nitrogens is 2. The van der Waals surface area contributed by atoms with Crippen LogP contribution in [0.3, 0.4) is 0 Å². The Morgan fingerprint density at radius 2 is 1.90 bits per heavy atom. The van der Waals surface area contributed by atoms with Crippen molar-refractivity contribution >= 4 is 32.5 Å². The lowest BCUT2D eigenvalue weighted by Crippen LogP contribution is -2.20. The first-order chi connectivity index (χ1) is 15.1. The molecular formula is C26H25BrFN3. The van der Waals surface area contributed by atoms with E-state index in [-0.39, 0.29) is 11.9 Å². The molecular weight excluding hydrogens is 453 g/mol. The zero-order valence-electron chi connectivity index (χ0n) is 17.6. The Bertz CT molecular complexity index is 1210. The Kier molecular flexibility index (Phi) is 6.52. The third-order valence-corrected chi connectivity index (χ3v) is 5.92. The van der Waals surface area contributed by atoms with Crippen molar-refractivity contribution in [1.29, 1.82) is 0 Å². The minimum Gasteiger partial charge on any atom is -0.378 e. The van der Waals surface area contributed by atoms with Gasteiger partial charge in [0.1, 0.15) is 5.82 Å². The summed E-state index contributed by atoms with van der Waals surface area (Å²) in [6, 6.07) is 21.3. The second-order valence-corrected chi connectivity index (χ2v) is 8.43. The molecule has 0 spiro atoms. The lowest BCUT2D eigenvalue weighted by atomic mass is 10.00. The van der Waals surface area contributed by atoms with Crippen molar-refractivity contribution in [2.75, 3.05) is 0 Å². The Balaban J connectivity index is 1.71. The fourth-order valence-electron chi connectivity index (χ4n) is 3.91. The fraction of sp³-hybridized carbons (Fsp3) is 0.192. The van der Waals surface area contributed by atoms with Crippen LogP contribution in [0.15, 0.2) is 83.5 Å². The van der Waals surface area contributed by atoms with Gasteiger partial charge in [0.2, 0.25) is 0 Å². The van der Waals surface area contributed by atoms with Gasteiger partial charge in [-0.15, -0.1) is 0 Å². The van der Waals surface area contributed by atoms with E-state index in [1.807, 2.05) is 29.1 Å². The number of hydrogen-bond donors (Lipinski definition) is 1. The zero-order chi connectivity index (χ0) is 21.8. The normalized spacial score (nSPS) is 12.8. The van der Waals surface area contributed by atoms with Gasteiger partial charge in [-0.3, -0.25) is 0 Å². The minimum atomic E-state index is -0.254. The maximum absolute atomic E-state index is 13.4. The topological polar surface area (TPSA) is 29.9 Å². The number of nitrogens with zero attached hydrogens (tertiary/aromatic N) is 2. The monoisotopic (exact) mass is 477 g/mol. The van der Waals surface area contributed by atoms with Gasteiger partial charge in [0.15, 0.2) is 0 Å². The molecule has 3 aromatic carbocycles. The fourth-order valence-corrected chi connectivity index (χ4v) is 4.33. The molecule has 1 aromatic heterocycles. The number of nitrogens with one attached hydrogen (secondary N) is 1. The van der Waals surface area contributed by atoms with Gasteiger partial charge in [-0.2, -0.15) is 5.10 Å². The molecule has 31 heavy (non-hydrogen) atoms. The van der Waals surface area contributed by atoms with Gasteiger partial charge in [0.05, 0.1) is 23.4 Å². The maximum atomic E-state index is 13.4. The second-order valence-electron chi connectivity index (χ2n) is 7.51. The summed E-state index contributed by atoms with van der Waals surface area (Å²) in [4.78, 5) is 0. The average Bonchev–Trinajstić information content (AvgIpc) is 3.22. The maximum Gasteiger partial charge on any atom is 0.123 e. The van der Waals surface area contributed by atoms with Crippen LogP contribution >= 0.6 is 15.9 Å². The summed E-state index contributed by atoms with van der Waals surface area (Å²) >= 11 is 3.59. The predicted octanol–water partition coefficient (Wildman–Crippen LogP) is 7.42. The van der Waals surface area contributed by atoms with E-state index in [0.717, 1.165) is 45.2 Å². The molecule has 1 atom stereocenters. The van der Waals surface area contributed by atoms with Gasteiger partial charge in [0, 0.05) is 21.1 Å². The van der Waals surface area contributed by atoms with E-state index in [9.17, 15) is 4.39 Å². The first kappa shape index (κ1) is 21.3. The molecule has 5 heteroatoms. The van der Waals surface area contributed by atoms with Crippen LogP contribution in [0.4, 0.5) is 4.39 Å². The molecule has 1 heterocycles. The van der Waals surface area contributed by atoms with Gasteiger partial charge < -0.3 is 5.32 Å². The summed E-state index contributed by atoms with van der Waals surface area (Å²) in [6.07, 6.45) is 6.10. The SMILES string of the molecule is C/C=C(\N[C@@H](CCC)c1cccc(Br)c1)c1cccc2c1cnn2-c1ccc(F)cc1. The Morgan fingerprint density at radius 3 is 2.61 bits per heavy atom. The molecule has 0 bridgehead atoms. The Morgan fingerprint density at radius 1 is 1.13 bits per heavy atom. The average molecular weight is 478 g/mol. The van der Waals surface area contributed by atoms with Gasteiger partial charge in [-0.05, 0) is 61.4 Å². The lowest BCUT2D eigenvalue weighted by molar-refractivity contribution is 0.571. The molecule has 0 aliphatic rings. The molecule has 0 saturated carbocycles. The Labute approximate surface area is 190 Å². The molecule has 0 fully saturated rings. The Hall–Kier alpha value is -2.92. The van der Waals surface area contributed by atoms with Crippen LogP contribution in [-0.4, -0.2) is 9.78 Å². The summed E-state index contributed by atoms with van der Waals surface area (Å²) in [5, 5.41) is 9.41. The van der Waals surface area contributed by atoms with Crippen molar-refractivity contribution in [2.45, 2.75) is 32.7 Å². The lowest BCUT2D eigenvalue weighted by Gasteiger charge is -2.23. The minimum absolute atomic E-state index is 0.205. The highest BCUT2D eigenvalue weighted by Gasteiger charge is 2.16. The summed E-state index contributed by atoms with van der Waals surface area (Å²) < 4.78 is 16.3. The summed E-state index contributed by atoms with van der Waals surface area (Å²) in [5.74, 6) is -0.254. The zero-order valence-corrected chi connectivity index (χ0v) is 19.2. The first-order valence-corrected chi connectivity index (χ1v) is 11.3. The molecule has 1 N–H and O–H groups in total. The summed E-state index contributed by atoms with van der Waals surface area (Å²) in [7, 11) is 0. The predicted molar refractivity (Wildman–Crippen MR) is 130 cm³/mol. The number of benzene rings is 3. The molecule has 3 nitrogen and oxygen atoms in total. The standard InChI is InChI=1S/C26H25BrFN3/c1-3-7-25(18-8-5-9-19(27)16-18)30-24(4-2)22-10-6-11-26-23(22)17-29-31(26)21-14-12-20(28)13-15-21/h4-6,8-17,25,30H,3,7H2,1-2H3/b24-4-/t25-/m0/s1. The van der Waals surface area contributed by atoms with Crippen molar-refractivity contribution in [3.8, 4) is 5.69 Å². The van der Waals surface area contributed by atoms with Gasteiger partial charge >= 0.3 is 0 Å². The quantitative estimate of drug-likeness (QED) is 0.300. The molecule has 4 rings (SSSR count). The highest BCUT2D eigenvalue weighted by Crippen LogP contribution is 2.29. The van der Waals surface area contributed by atoms with Crippen LogP contribution in [-0.2, 0) is 0 Å². The van der Waals surface area contributed by atoms with Gasteiger partial charge in [-0.25, -0.2) is 9.07 Å². The number of rotatable bonds is 7. The van der Waals surface area contributed by atoms with E-state index >= 15 is 0 Å². The molecule has 0 aliphatic heterocycles. The van der Waals surface area contributed by atoms with E-state index in [1.54, 1.807) is 12.1 Å². The van der Waals surface area contributed by atoms with Crippen molar-refractivity contribution in [3.63, 3.8) is 0 Å². The van der Waals surface area contributed by atoms with E-state index < -0.39 is 0 Å². The highest BCUT2D eigenvalue weighted by molar-refractivity contribution is 9.10. The second kappa shape index (κ2) is 9.48. The summed E-state index contributed by atoms with van der Waals surface area (Å²) in [6.45, 7) is 4.25. The van der Waals surface area contributed by atoms with Crippen LogP contribution in [0.25, 0.3) is 22.3 Å². The van der Waals surface area contributed by atoms with Crippen LogP contribution in [0.1, 0.15) is 43.9 Å². The van der Waals surface area contributed by atoms with E-state index in [1.165, 1.54) is 17.7 Å². The smallest absolute Gasteiger partial charge is 0.123 e. The number of halogens is 2. The van der Waals surface area contributed by atoms with E-state index in [4.69, 9.17) is 0 Å². The van der Waals surface area contributed by atoms with Crippen molar-refractivity contribution in [1.82, 2.24) is 15.1 Å². The first-order valence-electron chi connectivity index (χ1n) is 10.5. The third kappa shape index (κ3) is 4.57. The molecule has 0 unspecified atom stereocenters. The van der Waals surface area contributed by atoms with Gasteiger partial charge in [-0.1, -0.05) is 59.6 Å². The van der Waals surface area contributed by atoms with E-state index in [0.29, 0.717) is 0 Å². The van der Waals surface area contributed by atoms with Crippen LogP contribution in [0.5, 0.6) is 0 Å². The molecule has 158 valence electrons. The third-order valence-electron chi connectivity index (χ3n) is 5.42. The van der Waals surface area contributed by atoms with Crippen LogP contribution < -0.4 is 5.32 Å². The number of allylic oxidation sites excluding steroid dienone is 1. The highest BCUT2D eigenvalue weighted by atomic mass is 79.9. The van der Waals surface area contributed by atoms with E-state index in [2.05, 4.69) is 70.5 Å². The van der Waals surface area contributed by atoms with Crippen molar-refractivity contribution in [2.24, 2.45) is 0 Å². The largest absolute Gasteiger partial charge is 0.378 e. The summed E-state index contributed by atoms with van der Waals surface area (Å²) in [5.41, 5.74) is 5.25. The van der Waals surface area contributed by atoms with Crippen molar-refractivity contribution < 1.29 is 4.39 Å². The number of hydrogen-bond acceptors (Lipinski definition) is 2. The molecule has 4 aromatic rings. The molecule has 0 aliphatic carbocycles. The molecule has 0 radical (unpaired) electrons. The van der Waals surface area contributed by atoms with Crippen LogP contribution in [0.2, 0.25) is 0 Å². The molecule has 0 saturated heterocycles. The van der Waals surface area contributed by atoms with Crippen LogP contribution in [0, 0.1) is 5.82 Å². The number of fused-ring (bicyclic) bond motifs is 1. The molecule has 0 amide bonds. The van der Waals surface area contributed by atoms with Crippen molar-refractivity contribution in [3.05, 3.63) is 100 Å². The van der Waals surface area contributed by atoms with Gasteiger partial charge in [0.25, 0.3) is 0 Å².